The van der Waals surface area contributed by atoms with Crippen LogP contribution in [-0.2, 0) is 6.54 Å². The summed E-state index contributed by atoms with van der Waals surface area (Å²) in [5, 5.41) is 0. The highest BCUT2D eigenvalue weighted by Crippen LogP contribution is 2.01. The predicted octanol–water partition coefficient (Wildman–Crippen LogP) is 1.27. The highest BCUT2D eigenvalue weighted by Gasteiger charge is 1.97. The second-order valence-corrected chi connectivity index (χ2v) is 3.29. The second kappa shape index (κ2) is 5.73. The van der Waals surface area contributed by atoms with E-state index in [4.69, 9.17) is 5.73 Å². The van der Waals surface area contributed by atoms with E-state index in [-0.39, 0.29) is 0 Å². The van der Waals surface area contributed by atoms with E-state index in [2.05, 4.69) is 30.1 Å². The lowest BCUT2D eigenvalue weighted by molar-refractivity contribution is 0.324. The summed E-state index contributed by atoms with van der Waals surface area (Å²) in [6, 6.07) is 11.1. The van der Waals surface area contributed by atoms with Gasteiger partial charge in [-0.25, -0.2) is 0 Å². The van der Waals surface area contributed by atoms with Gasteiger partial charge in [0.2, 0.25) is 0 Å². The van der Waals surface area contributed by atoms with Crippen LogP contribution in [0.25, 0.3) is 0 Å². The average Bonchev–Trinajstić information content (AvgIpc) is 2.16. The molecule has 0 aliphatic carbocycles. The molecule has 0 saturated carbocycles. The van der Waals surface area contributed by atoms with Gasteiger partial charge in [0.15, 0.2) is 0 Å². The van der Waals surface area contributed by atoms with E-state index in [1.165, 1.54) is 5.56 Å². The zero-order valence-corrected chi connectivity index (χ0v) is 8.16. The van der Waals surface area contributed by atoms with Crippen LogP contribution in [-0.4, -0.2) is 25.0 Å². The molecule has 0 fully saturated rings. The standard InChI is InChI=1S/C11H17N2/c1-13(9-5-8-12)10-11-6-3-2-4-7-11/h3-4,6-7H,5,8-10,12H2,1H3. The maximum absolute atomic E-state index is 5.44. The van der Waals surface area contributed by atoms with Crippen molar-refractivity contribution >= 4 is 0 Å². The fourth-order valence-electron chi connectivity index (χ4n) is 1.28. The van der Waals surface area contributed by atoms with Crippen LogP contribution in [0.15, 0.2) is 24.3 Å². The zero-order valence-electron chi connectivity index (χ0n) is 8.16. The van der Waals surface area contributed by atoms with Gasteiger partial charge in [-0.3, -0.25) is 0 Å². The zero-order chi connectivity index (χ0) is 9.52. The van der Waals surface area contributed by atoms with E-state index in [1.807, 2.05) is 12.1 Å². The van der Waals surface area contributed by atoms with Crippen LogP contribution in [0.4, 0.5) is 0 Å². The Morgan fingerprint density at radius 1 is 1.38 bits per heavy atom. The molecule has 0 aromatic heterocycles. The normalized spacial score (nSPS) is 10.7. The molecule has 0 amide bonds. The fourth-order valence-corrected chi connectivity index (χ4v) is 1.28. The molecular formula is C11H17N2. The largest absolute Gasteiger partial charge is 0.330 e. The minimum Gasteiger partial charge on any atom is -0.330 e. The Kier molecular flexibility index (Phi) is 4.50. The third kappa shape index (κ3) is 4.06. The molecule has 0 aliphatic rings. The van der Waals surface area contributed by atoms with Gasteiger partial charge in [-0.1, -0.05) is 24.3 Å². The quantitative estimate of drug-likeness (QED) is 0.734. The van der Waals surface area contributed by atoms with Crippen molar-refractivity contribution in [3.05, 3.63) is 35.9 Å². The maximum Gasteiger partial charge on any atom is 0.0230 e. The average molecular weight is 177 g/mol. The molecular weight excluding hydrogens is 160 g/mol. The maximum atomic E-state index is 5.44. The van der Waals surface area contributed by atoms with E-state index < -0.39 is 0 Å². The molecule has 1 rings (SSSR count). The van der Waals surface area contributed by atoms with Crippen molar-refractivity contribution in [3.63, 3.8) is 0 Å². The molecule has 1 radical (unpaired) electrons. The first-order valence-electron chi connectivity index (χ1n) is 4.66. The molecule has 2 nitrogen and oxygen atoms in total. The summed E-state index contributed by atoms with van der Waals surface area (Å²) in [4.78, 5) is 2.28. The Morgan fingerprint density at radius 3 is 2.69 bits per heavy atom. The summed E-state index contributed by atoms with van der Waals surface area (Å²) in [6.45, 7) is 2.83. The summed E-state index contributed by atoms with van der Waals surface area (Å²) in [5.41, 5.74) is 6.77. The van der Waals surface area contributed by atoms with E-state index >= 15 is 0 Å². The summed E-state index contributed by atoms with van der Waals surface area (Å²) in [7, 11) is 2.12. The van der Waals surface area contributed by atoms with Crippen LogP contribution in [0.2, 0.25) is 0 Å². The molecule has 0 aliphatic heterocycles. The van der Waals surface area contributed by atoms with Gasteiger partial charge in [0.05, 0.1) is 0 Å². The molecule has 1 aromatic carbocycles. The number of benzene rings is 1. The van der Waals surface area contributed by atoms with Crippen LogP contribution in [0.1, 0.15) is 12.0 Å². The fraction of sp³-hybridized carbons (Fsp3) is 0.455. The third-order valence-electron chi connectivity index (χ3n) is 1.98. The van der Waals surface area contributed by atoms with Crippen molar-refractivity contribution in [1.29, 1.82) is 0 Å². The Morgan fingerprint density at radius 2 is 2.08 bits per heavy atom. The van der Waals surface area contributed by atoms with Crippen molar-refractivity contribution < 1.29 is 0 Å². The molecule has 2 heteroatoms. The highest BCUT2D eigenvalue weighted by atomic mass is 15.1. The predicted molar refractivity (Wildman–Crippen MR) is 55.3 cm³/mol. The van der Waals surface area contributed by atoms with Crippen molar-refractivity contribution in [3.8, 4) is 0 Å². The van der Waals surface area contributed by atoms with Crippen LogP contribution in [0.3, 0.4) is 0 Å². The van der Waals surface area contributed by atoms with Gasteiger partial charge in [0.1, 0.15) is 0 Å². The minimum absolute atomic E-state index is 0.771. The molecule has 0 atom stereocenters. The number of nitrogens with two attached hydrogens (primary N) is 1. The van der Waals surface area contributed by atoms with Crippen LogP contribution < -0.4 is 5.73 Å². The molecule has 71 valence electrons. The smallest absolute Gasteiger partial charge is 0.0230 e. The summed E-state index contributed by atoms with van der Waals surface area (Å²) < 4.78 is 0. The van der Waals surface area contributed by atoms with Crippen LogP contribution in [0.5, 0.6) is 0 Å². The lowest BCUT2D eigenvalue weighted by Gasteiger charge is -2.15. The lowest BCUT2D eigenvalue weighted by Crippen LogP contribution is -2.21. The number of rotatable bonds is 5. The first kappa shape index (κ1) is 10.2. The lowest BCUT2D eigenvalue weighted by atomic mass is 10.2. The summed E-state index contributed by atoms with van der Waals surface area (Å²) >= 11 is 0. The Balaban J connectivity index is 2.32. The summed E-state index contributed by atoms with van der Waals surface area (Å²) in [6.07, 6.45) is 1.06. The van der Waals surface area contributed by atoms with Gasteiger partial charge in [0.25, 0.3) is 0 Å². The van der Waals surface area contributed by atoms with Crippen molar-refractivity contribution in [1.82, 2.24) is 4.90 Å². The SMILES string of the molecule is CN(CCCN)Cc1cc[c]cc1. The van der Waals surface area contributed by atoms with Gasteiger partial charge >= 0.3 is 0 Å². The first-order valence-corrected chi connectivity index (χ1v) is 4.66. The van der Waals surface area contributed by atoms with Gasteiger partial charge in [-0.15, -0.1) is 0 Å². The van der Waals surface area contributed by atoms with Crippen LogP contribution in [0, 0.1) is 6.07 Å². The van der Waals surface area contributed by atoms with Gasteiger partial charge in [0, 0.05) is 6.54 Å². The van der Waals surface area contributed by atoms with E-state index in [9.17, 15) is 0 Å². The third-order valence-corrected chi connectivity index (χ3v) is 1.98. The Labute approximate surface area is 80.4 Å². The molecule has 0 unspecified atom stereocenters. The van der Waals surface area contributed by atoms with Crippen LogP contribution >= 0.6 is 0 Å². The number of nitrogens with zero attached hydrogens (tertiary/aromatic N) is 1. The molecule has 0 heterocycles. The minimum atomic E-state index is 0.771. The first-order chi connectivity index (χ1) is 6.33. The molecule has 0 saturated heterocycles. The van der Waals surface area contributed by atoms with Gasteiger partial charge in [-0.2, -0.15) is 0 Å². The topological polar surface area (TPSA) is 29.3 Å². The van der Waals surface area contributed by atoms with Gasteiger partial charge < -0.3 is 10.6 Å². The Bertz CT molecular complexity index is 221. The molecule has 0 bridgehead atoms. The van der Waals surface area contributed by atoms with Crippen molar-refractivity contribution in [2.75, 3.05) is 20.1 Å². The molecule has 13 heavy (non-hydrogen) atoms. The van der Waals surface area contributed by atoms with Crippen molar-refractivity contribution in [2.45, 2.75) is 13.0 Å². The number of hydrogen-bond donors (Lipinski definition) is 1. The molecule has 1 aromatic rings. The monoisotopic (exact) mass is 177 g/mol. The van der Waals surface area contributed by atoms with E-state index in [0.717, 1.165) is 26.1 Å². The van der Waals surface area contributed by atoms with Crippen molar-refractivity contribution in [2.24, 2.45) is 5.73 Å². The summed E-state index contributed by atoms with van der Waals surface area (Å²) in [5.74, 6) is 0. The van der Waals surface area contributed by atoms with E-state index in [1.54, 1.807) is 0 Å². The Hall–Kier alpha value is -0.860. The van der Waals surface area contributed by atoms with E-state index in [0.29, 0.717) is 0 Å². The molecule has 2 N–H and O–H groups in total. The highest BCUT2D eigenvalue weighted by molar-refractivity contribution is 5.13. The molecule has 0 spiro atoms. The second-order valence-electron chi connectivity index (χ2n) is 3.29. The number of hydrogen-bond acceptors (Lipinski definition) is 2. The van der Waals surface area contributed by atoms with Gasteiger partial charge in [-0.05, 0) is 38.2 Å².